The fourth-order valence-electron chi connectivity index (χ4n) is 2.52. The highest BCUT2D eigenvalue weighted by molar-refractivity contribution is 9.10. The lowest BCUT2D eigenvalue weighted by Crippen LogP contribution is -2.24. The Balaban J connectivity index is 1.96. The van der Waals surface area contributed by atoms with Crippen molar-refractivity contribution in [3.05, 3.63) is 51.0 Å². The third-order valence-corrected chi connectivity index (χ3v) is 4.86. The van der Waals surface area contributed by atoms with Crippen LogP contribution in [-0.4, -0.2) is 30.7 Å². The lowest BCUT2D eigenvalue weighted by atomic mass is 10.2. The Kier molecular flexibility index (Phi) is 9.33. The number of nitrogens with zero attached hydrogens (tertiary/aromatic N) is 1. The van der Waals surface area contributed by atoms with Gasteiger partial charge in [0.05, 0.1) is 23.4 Å². The topological polar surface area (TPSA) is 89.0 Å². The fourth-order valence-corrected chi connectivity index (χ4v) is 3.25. The number of aryl methyl sites for hydroxylation is 1. The third-order valence-electron chi connectivity index (χ3n) is 3.86. The predicted octanol–water partition coefficient (Wildman–Crippen LogP) is 5.08. The van der Waals surface area contributed by atoms with Crippen LogP contribution in [0.3, 0.4) is 0 Å². The molecule has 2 amide bonds. The first-order valence-electron chi connectivity index (χ1n) is 9.70. The number of halogens is 2. The van der Waals surface area contributed by atoms with Gasteiger partial charge in [0.25, 0.3) is 0 Å². The van der Waals surface area contributed by atoms with E-state index >= 15 is 0 Å². The van der Waals surface area contributed by atoms with Crippen LogP contribution in [-0.2, 0) is 9.59 Å². The molecule has 0 saturated carbocycles. The minimum Gasteiger partial charge on any atom is -0.490 e. The lowest BCUT2D eigenvalue weighted by Gasteiger charge is -2.16. The van der Waals surface area contributed by atoms with Crippen LogP contribution in [0, 0.1) is 6.92 Å². The maximum absolute atomic E-state index is 12.0. The zero-order valence-corrected chi connectivity index (χ0v) is 20.1. The summed E-state index contributed by atoms with van der Waals surface area (Å²) in [5.41, 5.74) is 4.45. The molecule has 0 radical (unpaired) electrons. The maximum Gasteiger partial charge on any atom is 0.249 e. The Morgan fingerprint density at radius 2 is 1.97 bits per heavy atom. The van der Waals surface area contributed by atoms with Crippen molar-refractivity contribution < 1.29 is 19.1 Å². The van der Waals surface area contributed by atoms with E-state index in [1.54, 1.807) is 30.3 Å². The Morgan fingerprint density at radius 3 is 2.61 bits per heavy atom. The third kappa shape index (κ3) is 7.88. The zero-order valence-electron chi connectivity index (χ0n) is 17.8. The molecule has 2 aromatic carbocycles. The number of carbonyl (C=O) groups excluding carboxylic acids is 2. The zero-order chi connectivity index (χ0) is 23.0. The summed E-state index contributed by atoms with van der Waals surface area (Å²) >= 11 is 9.51. The van der Waals surface area contributed by atoms with Crippen molar-refractivity contribution in [3.8, 4) is 11.5 Å². The molecular formula is C22H25BrClN3O4. The van der Waals surface area contributed by atoms with Gasteiger partial charge in [-0.3, -0.25) is 9.59 Å². The highest BCUT2D eigenvalue weighted by atomic mass is 79.9. The second-order valence-electron chi connectivity index (χ2n) is 6.91. The molecule has 0 aliphatic carbocycles. The van der Waals surface area contributed by atoms with Crippen LogP contribution in [0.5, 0.6) is 11.5 Å². The van der Waals surface area contributed by atoms with Crippen molar-refractivity contribution >= 4 is 51.2 Å². The number of nitrogens with one attached hydrogen (secondary N) is 2. The maximum atomic E-state index is 12.0. The normalized spacial score (nSPS) is 10.9. The highest BCUT2D eigenvalue weighted by Crippen LogP contribution is 2.37. The molecule has 0 saturated heterocycles. The van der Waals surface area contributed by atoms with E-state index in [0.717, 1.165) is 5.56 Å². The van der Waals surface area contributed by atoms with Gasteiger partial charge in [-0.15, -0.1) is 0 Å². The van der Waals surface area contributed by atoms with Gasteiger partial charge in [0.2, 0.25) is 11.8 Å². The molecule has 2 aromatic rings. The molecule has 166 valence electrons. The number of hydrogen-bond donors (Lipinski definition) is 2. The van der Waals surface area contributed by atoms with Gasteiger partial charge in [-0.25, -0.2) is 5.43 Å². The Morgan fingerprint density at radius 1 is 1.23 bits per heavy atom. The van der Waals surface area contributed by atoms with Crippen LogP contribution < -0.4 is 20.2 Å². The lowest BCUT2D eigenvalue weighted by molar-refractivity contribution is -0.126. The van der Waals surface area contributed by atoms with Crippen molar-refractivity contribution in [1.82, 2.24) is 5.43 Å². The Labute approximate surface area is 195 Å². The number of anilines is 1. The van der Waals surface area contributed by atoms with E-state index in [-0.39, 0.29) is 12.5 Å². The second-order valence-corrected chi connectivity index (χ2v) is 8.17. The van der Waals surface area contributed by atoms with Gasteiger partial charge in [0.1, 0.15) is 6.42 Å². The van der Waals surface area contributed by atoms with Gasteiger partial charge in [-0.1, -0.05) is 17.7 Å². The summed E-state index contributed by atoms with van der Waals surface area (Å²) in [5.74, 6) is 0.153. The van der Waals surface area contributed by atoms with E-state index in [0.29, 0.717) is 38.9 Å². The molecule has 0 atom stereocenters. The summed E-state index contributed by atoms with van der Waals surface area (Å²) in [4.78, 5) is 24.0. The standard InChI is InChI=1S/C22H25BrClN3O4/c1-5-30-19-9-15(8-17(23)22(19)31-13(2)3)12-25-27-21(29)11-20(28)26-16-7-6-14(4)18(24)10-16/h6-10,12-13H,5,11H2,1-4H3,(H,26,28)(H,27,29). The smallest absolute Gasteiger partial charge is 0.249 e. The van der Waals surface area contributed by atoms with Gasteiger partial charge < -0.3 is 14.8 Å². The van der Waals surface area contributed by atoms with Crippen LogP contribution in [0.15, 0.2) is 39.9 Å². The van der Waals surface area contributed by atoms with Gasteiger partial charge in [-0.2, -0.15) is 5.10 Å². The monoisotopic (exact) mass is 509 g/mol. The SMILES string of the molecule is CCOc1cc(C=NNC(=O)CC(=O)Nc2ccc(C)c(Cl)c2)cc(Br)c1OC(C)C. The summed E-state index contributed by atoms with van der Waals surface area (Å²) in [5, 5.41) is 7.08. The van der Waals surface area contributed by atoms with Crippen molar-refractivity contribution in [2.75, 3.05) is 11.9 Å². The molecule has 0 aliphatic heterocycles. The number of amides is 2. The van der Waals surface area contributed by atoms with Gasteiger partial charge in [0, 0.05) is 10.7 Å². The summed E-state index contributed by atoms with van der Waals surface area (Å²) in [6.07, 6.45) is 1.07. The van der Waals surface area contributed by atoms with Gasteiger partial charge in [-0.05, 0) is 79.0 Å². The summed E-state index contributed by atoms with van der Waals surface area (Å²) < 4.78 is 12.1. The van der Waals surface area contributed by atoms with E-state index in [1.807, 2.05) is 27.7 Å². The van der Waals surface area contributed by atoms with Crippen LogP contribution in [0.1, 0.15) is 38.3 Å². The molecule has 0 fully saturated rings. The molecule has 0 spiro atoms. The average Bonchev–Trinajstić information content (AvgIpc) is 2.67. The molecule has 2 rings (SSSR count). The molecule has 0 unspecified atom stereocenters. The fraction of sp³-hybridized carbons (Fsp3) is 0.318. The largest absolute Gasteiger partial charge is 0.490 e. The highest BCUT2D eigenvalue weighted by Gasteiger charge is 2.14. The second kappa shape index (κ2) is 11.7. The molecule has 0 heterocycles. The van der Waals surface area contributed by atoms with Crippen LogP contribution in [0.2, 0.25) is 5.02 Å². The molecular weight excluding hydrogens is 486 g/mol. The van der Waals surface area contributed by atoms with E-state index in [2.05, 4.69) is 31.8 Å². The van der Waals surface area contributed by atoms with Crippen LogP contribution in [0.4, 0.5) is 5.69 Å². The Bertz CT molecular complexity index is 979. The minimum atomic E-state index is -0.546. The van der Waals surface area contributed by atoms with Gasteiger partial charge >= 0.3 is 0 Å². The molecule has 0 bridgehead atoms. The molecule has 7 nitrogen and oxygen atoms in total. The number of carbonyl (C=O) groups is 2. The summed E-state index contributed by atoms with van der Waals surface area (Å²) in [6.45, 7) is 8.07. The van der Waals surface area contributed by atoms with Gasteiger partial charge in [0.15, 0.2) is 11.5 Å². The quantitative estimate of drug-likeness (QED) is 0.280. The summed E-state index contributed by atoms with van der Waals surface area (Å²) in [6, 6.07) is 8.69. The summed E-state index contributed by atoms with van der Waals surface area (Å²) in [7, 11) is 0. The number of benzene rings is 2. The number of rotatable bonds is 9. The van der Waals surface area contributed by atoms with Crippen LogP contribution in [0.25, 0.3) is 0 Å². The van der Waals surface area contributed by atoms with Crippen molar-refractivity contribution in [3.63, 3.8) is 0 Å². The van der Waals surface area contributed by atoms with Crippen molar-refractivity contribution in [2.45, 2.75) is 40.2 Å². The molecule has 0 aromatic heterocycles. The molecule has 0 aliphatic rings. The molecule has 2 N–H and O–H groups in total. The average molecular weight is 511 g/mol. The molecule has 9 heteroatoms. The van der Waals surface area contributed by atoms with Crippen molar-refractivity contribution in [2.24, 2.45) is 5.10 Å². The first kappa shape index (κ1) is 24.7. The number of hydrogen-bond acceptors (Lipinski definition) is 5. The van der Waals surface area contributed by atoms with Crippen molar-refractivity contribution in [1.29, 1.82) is 0 Å². The van der Waals surface area contributed by atoms with E-state index in [9.17, 15) is 9.59 Å². The van der Waals surface area contributed by atoms with E-state index in [1.165, 1.54) is 6.21 Å². The number of hydrazone groups is 1. The van der Waals surface area contributed by atoms with E-state index < -0.39 is 11.8 Å². The van der Waals surface area contributed by atoms with Crippen LogP contribution >= 0.6 is 27.5 Å². The first-order chi connectivity index (χ1) is 14.7. The Hall–Kier alpha value is -2.58. The first-order valence-corrected chi connectivity index (χ1v) is 10.9. The minimum absolute atomic E-state index is 0.0172. The predicted molar refractivity (Wildman–Crippen MR) is 126 cm³/mol. The molecule has 31 heavy (non-hydrogen) atoms. The van der Waals surface area contributed by atoms with E-state index in [4.69, 9.17) is 21.1 Å². The number of ether oxygens (including phenoxy) is 2.